The molecule has 4 aromatic heterocycles. The van der Waals surface area contributed by atoms with Crippen molar-refractivity contribution in [3.8, 4) is 67.9 Å². The van der Waals surface area contributed by atoms with Crippen LogP contribution in [-0.4, -0.2) is 24.9 Å². The molecule has 0 radical (unpaired) electrons. The van der Waals surface area contributed by atoms with Crippen LogP contribution in [-0.2, 0) is 0 Å². The third-order valence-corrected chi connectivity index (χ3v) is 10.2. The number of nitrogens with zero attached hydrogens (tertiary/aromatic N) is 5. The first-order valence-electron chi connectivity index (χ1n) is 18.4. The van der Waals surface area contributed by atoms with Gasteiger partial charge in [-0.3, -0.25) is 0 Å². The fourth-order valence-electron chi connectivity index (χ4n) is 7.50. The van der Waals surface area contributed by atoms with Gasteiger partial charge in [-0.2, -0.15) is 0 Å². The van der Waals surface area contributed by atoms with Gasteiger partial charge in [0, 0.05) is 49.5 Å². The minimum absolute atomic E-state index is 0.581. The zero-order chi connectivity index (χ0) is 37.0. The molecule has 0 aliphatic heterocycles. The van der Waals surface area contributed by atoms with E-state index in [1.165, 1.54) is 0 Å². The van der Waals surface area contributed by atoms with Gasteiger partial charge >= 0.3 is 0 Å². The van der Waals surface area contributed by atoms with E-state index in [0.717, 1.165) is 83.1 Å². The van der Waals surface area contributed by atoms with Crippen molar-refractivity contribution in [1.29, 1.82) is 0 Å². The minimum Gasteiger partial charge on any atom is -0.455 e. The summed E-state index contributed by atoms with van der Waals surface area (Å²) in [6.45, 7) is 0. The molecular weight excluding hydrogens is 691 g/mol. The summed E-state index contributed by atoms with van der Waals surface area (Å²) in [5, 5.41) is 2.89. The lowest BCUT2D eigenvalue weighted by atomic mass is 9.99. The molecular formula is C49H29N5O2. The highest BCUT2D eigenvalue weighted by atomic mass is 16.3. The lowest BCUT2D eigenvalue weighted by Gasteiger charge is -2.09. The maximum absolute atomic E-state index is 6.69. The molecule has 7 aromatic carbocycles. The Hall–Kier alpha value is -7.77. The van der Waals surface area contributed by atoms with E-state index in [2.05, 4.69) is 48.5 Å². The first-order chi connectivity index (χ1) is 27.7. The predicted octanol–water partition coefficient (Wildman–Crippen LogP) is 12.5. The first kappa shape index (κ1) is 31.7. The van der Waals surface area contributed by atoms with Gasteiger partial charge in [-0.05, 0) is 23.8 Å². The van der Waals surface area contributed by atoms with Crippen molar-refractivity contribution >= 4 is 44.0 Å². The largest absolute Gasteiger partial charge is 0.455 e. The molecule has 0 aliphatic rings. The maximum atomic E-state index is 6.69. The molecule has 0 unspecified atom stereocenters. The second-order valence-electron chi connectivity index (χ2n) is 13.6. The lowest BCUT2D eigenvalue weighted by molar-refractivity contribution is 0.667. The van der Waals surface area contributed by atoms with Crippen molar-refractivity contribution in [3.63, 3.8) is 0 Å². The van der Waals surface area contributed by atoms with Gasteiger partial charge in [-0.15, -0.1) is 0 Å². The Balaban J connectivity index is 1.04. The van der Waals surface area contributed by atoms with Crippen molar-refractivity contribution in [1.82, 2.24) is 24.9 Å². The van der Waals surface area contributed by atoms with Crippen LogP contribution in [0, 0.1) is 0 Å². The molecule has 0 amide bonds. The van der Waals surface area contributed by atoms with Crippen LogP contribution in [0.3, 0.4) is 0 Å². The topological polar surface area (TPSA) is 90.7 Å². The highest BCUT2D eigenvalue weighted by Crippen LogP contribution is 2.41. The second kappa shape index (κ2) is 13.0. The molecule has 0 atom stereocenters. The quantitative estimate of drug-likeness (QED) is 0.169. The van der Waals surface area contributed by atoms with Crippen LogP contribution < -0.4 is 0 Å². The highest BCUT2D eigenvalue weighted by Gasteiger charge is 2.21. The number of fused-ring (bicyclic) bond motifs is 6. The Morgan fingerprint density at radius 1 is 0.304 bits per heavy atom. The summed E-state index contributed by atoms with van der Waals surface area (Å²) >= 11 is 0. The zero-order valence-electron chi connectivity index (χ0n) is 29.8. The van der Waals surface area contributed by atoms with E-state index in [1.54, 1.807) is 0 Å². The van der Waals surface area contributed by atoms with Gasteiger partial charge in [-0.1, -0.05) is 158 Å². The smallest absolute Gasteiger partial charge is 0.180 e. The molecule has 0 fully saturated rings. The normalized spacial score (nSPS) is 11.6. The molecule has 11 aromatic rings. The molecule has 0 aliphatic carbocycles. The van der Waals surface area contributed by atoms with Crippen molar-refractivity contribution < 1.29 is 8.83 Å². The number of hydrogen-bond acceptors (Lipinski definition) is 7. The van der Waals surface area contributed by atoms with Gasteiger partial charge in [0.2, 0.25) is 0 Å². The van der Waals surface area contributed by atoms with Gasteiger partial charge in [0.25, 0.3) is 0 Å². The SMILES string of the molecule is c1ccc(-c2nc(-c3ccccc3)nc(-c3cccc4oc5c(-c6ccc(-c7nc(-c8ccccc8)nc8c7oc7ccccc78)cc6)cccc5c34)n2)cc1. The maximum Gasteiger partial charge on any atom is 0.180 e. The van der Waals surface area contributed by atoms with E-state index in [0.29, 0.717) is 28.9 Å². The fourth-order valence-corrected chi connectivity index (χ4v) is 7.50. The predicted molar refractivity (Wildman–Crippen MR) is 223 cm³/mol. The van der Waals surface area contributed by atoms with Crippen LogP contribution in [0.5, 0.6) is 0 Å². The van der Waals surface area contributed by atoms with Gasteiger partial charge in [0.1, 0.15) is 28.0 Å². The van der Waals surface area contributed by atoms with Gasteiger partial charge < -0.3 is 8.83 Å². The standard InChI is InChI=1S/C49H29N5O2/c1-4-14-32(15-5-1)46-50-42(45-43(51-46)36-20-10-11-24-39(36)55-45)31-28-26-30(27-29-31)35-21-12-22-37-41-38(23-13-25-40(41)56-44(35)37)49-53-47(33-16-6-2-7-17-33)52-48(54-49)34-18-8-3-9-19-34/h1-29H. The molecule has 11 rings (SSSR count). The third-order valence-electron chi connectivity index (χ3n) is 10.2. The number of benzene rings is 7. The van der Waals surface area contributed by atoms with Crippen LogP contribution in [0.4, 0.5) is 0 Å². The highest BCUT2D eigenvalue weighted by molar-refractivity contribution is 6.15. The molecule has 0 saturated carbocycles. The molecule has 7 heteroatoms. The van der Waals surface area contributed by atoms with E-state index in [-0.39, 0.29) is 0 Å². The van der Waals surface area contributed by atoms with E-state index < -0.39 is 0 Å². The Bertz CT molecular complexity index is 3170. The molecule has 0 saturated heterocycles. The molecule has 0 N–H and O–H groups in total. The summed E-state index contributed by atoms with van der Waals surface area (Å²) in [7, 11) is 0. The summed E-state index contributed by atoms with van der Waals surface area (Å²) in [6.07, 6.45) is 0. The van der Waals surface area contributed by atoms with Crippen LogP contribution >= 0.6 is 0 Å². The Morgan fingerprint density at radius 2 is 0.804 bits per heavy atom. The van der Waals surface area contributed by atoms with Crippen molar-refractivity contribution in [2.75, 3.05) is 0 Å². The van der Waals surface area contributed by atoms with E-state index in [4.69, 9.17) is 33.8 Å². The van der Waals surface area contributed by atoms with Crippen LogP contribution in [0.2, 0.25) is 0 Å². The average molecular weight is 720 g/mol. The molecule has 262 valence electrons. The summed E-state index contributed by atoms with van der Waals surface area (Å²) in [4.78, 5) is 25.0. The third kappa shape index (κ3) is 5.33. The second-order valence-corrected chi connectivity index (χ2v) is 13.6. The van der Waals surface area contributed by atoms with Gasteiger partial charge in [-0.25, -0.2) is 24.9 Å². The van der Waals surface area contributed by atoms with Crippen LogP contribution in [0.15, 0.2) is 185 Å². The molecule has 4 heterocycles. The molecule has 0 bridgehead atoms. The zero-order valence-corrected chi connectivity index (χ0v) is 29.8. The lowest BCUT2D eigenvalue weighted by Crippen LogP contribution is -2.00. The summed E-state index contributed by atoms with van der Waals surface area (Å²) < 4.78 is 13.1. The first-order valence-corrected chi connectivity index (χ1v) is 18.4. The van der Waals surface area contributed by atoms with E-state index in [1.807, 2.05) is 127 Å². The van der Waals surface area contributed by atoms with Crippen molar-refractivity contribution in [2.24, 2.45) is 0 Å². The number of aromatic nitrogens is 5. The summed E-state index contributed by atoms with van der Waals surface area (Å²) in [5.41, 5.74) is 11.1. The number of furan rings is 2. The van der Waals surface area contributed by atoms with Gasteiger partial charge in [0.15, 0.2) is 28.9 Å². The van der Waals surface area contributed by atoms with E-state index in [9.17, 15) is 0 Å². The number of hydrogen-bond donors (Lipinski definition) is 0. The average Bonchev–Trinajstić information content (AvgIpc) is 3.86. The molecule has 56 heavy (non-hydrogen) atoms. The number of para-hydroxylation sites is 2. The fraction of sp³-hybridized carbons (Fsp3) is 0. The van der Waals surface area contributed by atoms with E-state index >= 15 is 0 Å². The summed E-state index contributed by atoms with van der Waals surface area (Å²) in [6, 6.07) is 58.8. The molecule has 7 nitrogen and oxygen atoms in total. The Kier molecular flexibility index (Phi) is 7.35. The van der Waals surface area contributed by atoms with Gasteiger partial charge in [0.05, 0.1) is 0 Å². The minimum atomic E-state index is 0.581. The Morgan fingerprint density at radius 3 is 1.48 bits per heavy atom. The number of rotatable bonds is 6. The van der Waals surface area contributed by atoms with Crippen molar-refractivity contribution in [3.05, 3.63) is 176 Å². The Labute approximate surface area is 320 Å². The monoisotopic (exact) mass is 719 g/mol. The summed E-state index contributed by atoms with van der Waals surface area (Å²) in [5.74, 6) is 2.45. The van der Waals surface area contributed by atoms with Crippen molar-refractivity contribution in [2.45, 2.75) is 0 Å². The van der Waals surface area contributed by atoms with Crippen LogP contribution in [0.1, 0.15) is 0 Å². The van der Waals surface area contributed by atoms with Crippen LogP contribution in [0.25, 0.3) is 112 Å². The molecule has 0 spiro atoms.